The summed E-state index contributed by atoms with van der Waals surface area (Å²) in [5.74, 6) is 0.0726. The molecule has 1 unspecified atom stereocenters. The van der Waals surface area contributed by atoms with Crippen LogP contribution in [0.3, 0.4) is 0 Å². The van der Waals surface area contributed by atoms with E-state index in [4.69, 9.17) is 0 Å². The average molecular weight is 417 g/mol. The van der Waals surface area contributed by atoms with Gasteiger partial charge in [-0.15, -0.1) is 0 Å². The maximum absolute atomic E-state index is 13.2. The summed E-state index contributed by atoms with van der Waals surface area (Å²) in [5.41, 5.74) is 0.945. The molecule has 1 aromatic carbocycles. The Labute approximate surface area is 178 Å². The molecule has 1 atom stereocenters. The summed E-state index contributed by atoms with van der Waals surface area (Å²) in [6, 6.07) is 6.21. The number of amides is 2. The summed E-state index contributed by atoms with van der Waals surface area (Å²) >= 11 is 0. The fourth-order valence-electron chi connectivity index (χ4n) is 4.90. The van der Waals surface area contributed by atoms with Crippen molar-refractivity contribution >= 4 is 11.8 Å². The van der Waals surface area contributed by atoms with Gasteiger partial charge >= 0.3 is 0 Å². The Bertz CT molecular complexity index is 733. The zero-order valence-electron chi connectivity index (χ0n) is 17.8. The first kappa shape index (κ1) is 21.2. The highest BCUT2D eigenvalue weighted by Gasteiger charge is 2.37. The van der Waals surface area contributed by atoms with Crippen molar-refractivity contribution in [2.24, 2.45) is 0 Å². The lowest BCUT2D eigenvalue weighted by atomic mass is 10.1. The van der Waals surface area contributed by atoms with Gasteiger partial charge in [-0.3, -0.25) is 19.4 Å². The number of nitrogens with zero attached hydrogens (tertiary/aromatic N) is 4. The molecule has 0 N–H and O–H groups in total. The van der Waals surface area contributed by atoms with Crippen molar-refractivity contribution in [2.45, 2.75) is 44.7 Å². The second-order valence-electron chi connectivity index (χ2n) is 8.80. The predicted octanol–water partition coefficient (Wildman–Crippen LogP) is 1.95. The molecule has 0 spiro atoms. The fraction of sp³-hybridized carbons (Fsp3) is 0.652. The van der Waals surface area contributed by atoms with Crippen LogP contribution in [0.4, 0.5) is 4.39 Å². The molecule has 3 heterocycles. The standard InChI is InChI=1S/C23H33FN4O2/c24-20-7-5-19(6-8-20)17-28-16-14-26-13-15-27(12-9-21(26)23(28)30)22(29)18-25-10-3-1-2-4-11-25/h5-8,21H,1-4,9-18H2. The molecule has 7 heteroatoms. The largest absolute Gasteiger partial charge is 0.340 e. The maximum Gasteiger partial charge on any atom is 0.240 e. The third kappa shape index (κ3) is 5.19. The molecule has 0 bridgehead atoms. The number of piperazine rings is 1. The number of hydrogen-bond donors (Lipinski definition) is 0. The first-order chi connectivity index (χ1) is 14.6. The average Bonchev–Trinajstić information content (AvgIpc) is 3.13. The van der Waals surface area contributed by atoms with E-state index in [1.54, 1.807) is 12.1 Å². The highest BCUT2D eigenvalue weighted by molar-refractivity contribution is 5.83. The van der Waals surface area contributed by atoms with E-state index < -0.39 is 0 Å². The number of halogens is 1. The molecule has 6 nitrogen and oxygen atoms in total. The predicted molar refractivity (Wildman–Crippen MR) is 113 cm³/mol. The molecular formula is C23H33FN4O2. The molecule has 3 fully saturated rings. The lowest BCUT2D eigenvalue weighted by Gasteiger charge is -2.39. The van der Waals surface area contributed by atoms with Gasteiger partial charge in [0, 0.05) is 39.3 Å². The molecule has 0 aliphatic carbocycles. The zero-order valence-corrected chi connectivity index (χ0v) is 17.8. The van der Waals surface area contributed by atoms with E-state index >= 15 is 0 Å². The van der Waals surface area contributed by atoms with Crippen LogP contribution in [0.25, 0.3) is 0 Å². The Morgan fingerprint density at radius 1 is 0.900 bits per heavy atom. The number of rotatable bonds is 4. The van der Waals surface area contributed by atoms with Crippen molar-refractivity contribution in [2.75, 3.05) is 52.4 Å². The molecule has 0 saturated carbocycles. The second-order valence-corrected chi connectivity index (χ2v) is 8.80. The summed E-state index contributed by atoms with van der Waals surface area (Å²) in [6.45, 7) is 6.66. The van der Waals surface area contributed by atoms with Crippen molar-refractivity contribution in [3.05, 3.63) is 35.6 Å². The van der Waals surface area contributed by atoms with E-state index in [0.29, 0.717) is 39.1 Å². The first-order valence-electron chi connectivity index (χ1n) is 11.4. The van der Waals surface area contributed by atoms with Gasteiger partial charge in [-0.1, -0.05) is 25.0 Å². The Hall–Kier alpha value is -1.99. The Kier molecular flexibility index (Phi) is 7.00. The molecule has 164 valence electrons. The van der Waals surface area contributed by atoms with Gasteiger partial charge in [0.15, 0.2) is 0 Å². The number of carbonyl (C=O) groups is 2. The van der Waals surface area contributed by atoms with Gasteiger partial charge in [-0.05, 0) is 50.0 Å². The molecular weight excluding hydrogens is 383 g/mol. The Morgan fingerprint density at radius 2 is 1.60 bits per heavy atom. The van der Waals surface area contributed by atoms with Crippen LogP contribution in [-0.2, 0) is 16.1 Å². The van der Waals surface area contributed by atoms with Crippen LogP contribution in [0.15, 0.2) is 24.3 Å². The van der Waals surface area contributed by atoms with Crippen molar-refractivity contribution in [3.8, 4) is 0 Å². The van der Waals surface area contributed by atoms with E-state index in [9.17, 15) is 14.0 Å². The number of carbonyl (C=O) groups excluding carboxylic acids is 2. The van der Waals surface area contributed by atoms with Gasteiger partial charge in [0.05, 0.1) is 12.6 Å². The monoisotopic (exact) mass is 416 g/mol. The van der Waals surface area contributed by atoms with E-state index in [1.807, 2.05) is 9.80 Å². The van der Waals surface area contributed by atoms with E-state index in [-0.39, 0.29) is 23.7 Å². The Balaban J connectivity index is 1.32. The van der Waals surface area contributed by atoms with Crippen molar-refractivity contribution in [1.29, 1.82) is 0 Å². The Morgan fingerprint density at radius 3 is 2.33 bits per heavy atom. The molecule has 1 aromatic rings. The number of benzene rings is 1. The zero-order chi connectivity index (χ0) is 20.9. The first-order valence-corrected chi connectivity index (χ1v) is 11.4. The van der Waals surface area contributed by atoms with Gasteiger partial charge in [0.2, 0.25) is 11.8 Å². The van der Waals surface area contributed by atoms with Crippen LogP contribution in [0.5, 0.6) is 0 Å². The lowest BCUT2D eigenvalue weighted by Crippen LogP contribution is -2.56. The summed E-state index contributed by atoms with van der Waals surface area (Å²) in [4.78, 5) is 34.4. The van der Waals surface area contributed by atoms with Gasteiger partial charge in [0.1, 0.15) is 5.82 Å². The second kappa shape index (κ2) is 9.88. The third-order valence-corrected chi connectivity index (χ3v) is 6.72. The molecule has 0 aromatic heterocycles. The van der Waals surface area contributed by atoms with Crippen LogP contribution < -0.4 is 0 Å². The van der Waals surface area contributed by atoms with E-state index in [2.05, 4.69) is 9.80 Å². The van der Waals surface area contributed by atoms with Gasteiger partial charge in [0.25, 0.3) is 0 Å². The van der Waals surface area contributed by atoms with Crippen LogP contribution in [0.2, 0.25) is 0 Å². The molecule has 2 amide bonds. The van der Waals surface area contributed by atoms with E-state index in [1.165, 1.54) is 37.8 Å². The third-order valence-electron chi connectivity index (χ3n) is 6.72. The number of hydrogen-bond acceptors (Lipinski definition) is 4. The highest BCUT2D eigenvalue weighted by atomic mass is 19.1. The highest BCUT2D eigenvalue weighted by Crippen LogP contribution is 2.20. The van der Waals surface area contributed by atoms with Crippen LogP contribution in [-0.4, -0.2) is 89.8 Å². The summed E-state index contributed by atoms with van der Waals surface area (Å²) < 4.78 is 13.2. The number of likely N-dealkylation sites (tertiary alicyclic amines) is 1. The summed E-state index contributed by atoms with van der Waals surface area (Å²) in [5, 5.41) is 0. The van der Waals surface area contributed by atoms with Crippen molar-refractivity contribution < 1.29 is 14.0 Å². The minimum atomic E-state index is -0.261. The normalized spacial score (nSPS) is 24.3. The summed E-state index contributed by atoms with van der Waals surface area (Å²) in [6.07, 6.45) is 5.58. The van der Waals surface area contributed by atoms with Crippen molar-refractivity contribution in [3.63, 3.8) is 0 Å². The molecule has 3 aliphatic heterocycles. The van der Waals surface area contributed by atoms with Gasteiger partial charge in [-0.2, -0.15) is 0 Å². The van der Waals surface area contributed by atoms with Crippen molar-refractivity contribution in [1.82, 2.24) is 19.6 Å². The molecule has 0 radical (unpaired) electrons. The number of fused-ring (bicyclic) bond motifs is 1. The smallest absolute Gasteiger partial charge is 0.240 e. The van der Waals surface area contributed by atoms with Crippen LogP contribution >= 0.6 is 0 Å². The fourth-order valence-corrected chi connectivity index (χ4v) is 4.90. The topological polar surface area (TPSA) is 47.1 Å². The molecule has 3 saturated heterocycles. The van der Waals surface area contributed by atoms with Gasteiger partial charge < -0.3 is 9.80 Å². The SMILES string of the molecule is O=C(CN1CCCCCC1)N1CCC2C(=O)N(Cc3ccc(F)cc3)CCN2CC1. The quantitative estimate of drug-likeness (QED) is 0.753. The maximum atomic E-state index is 13.2. The molecule has 30 heavy (non-hydrogen) atoms. The minimum absolute atomic E-state index is 0.132. The lowest BCUT2D eigenvalue weighted by molar-refractivity contribution is -0.142. The molecule has 3 aliphatic rings. The van der Waals surface area contributed by atoms with Gasteiger partial charge in [-0.25, -0.2) is 4.39 Å². The summed E-state index contributed by atoms with van der Waals surface area (Å²) in [7, 11) is 0. The molecule has 4 rings (SSSR count). The van der Waals surface area contributed by atoms with E-state index in [0.717, 1.165) is 31.7 Å². The minimum Gasteiger partial charge on any atom is -0.340 e. The van der Waals surface area contributed by atoms with Crippen LogP contribution in [0.1, 0.15) is 37.7 Å². The van der Waals surface area contributed by atoms with Crippen LogP contribution in [0, 0.1) is 5.82 Å².